The average molecular weight is 279 g/mol. The van der Waals surface area contributed by atoms with Crippen molar-refractivity contribution < 1.29 is 0 Å². The lowest BCUT2D eigenvalue weighted by atomic mass is 10.3. The highest BCUT2D eigenvalue weighted by molar-refractivity contribution is 6.29. The highest BCUT2D eigenvalue weighted by Gasteiger charge is 2.04. The van der Waals surface area contributed by atoms with Gasteiger partial charge in [0.15, 0.2) is 0 Å². The fourth-order valence-electron chi connectivity index (χ4n) is 1.65. The van der Waals surface area contributed by atoms with Crippen LogP contribution >= 0.6 is 11.6 Å². The Bertz CT molecular complexity index is 626. The van der Waals surface area contributed by atoms with Gasteiger partial charge in [-0.3, -0.25) is 4.79 Å². The molecule has 0 aliphatic heterocycles. The molecule has 0 fully saturated rings. The molecule has 19 heavy (non-hydrogen) atoms. The Morgan fingerprint density at radius 3 is 2.84 bits per heavy atom. The molecule has 0 atom stereocenters. The largest absolute Gasteiger partial charge is 0.373 e. The molecule has 0 radical (unpaired) electrons. The minimum absolute atomic E-state index is 0.134. The number of nitrogens with zero attached hydrogens (tertiary/aromatic N) is 4. The Kier molecular flexibility index (Phi) is 4.16. The molecule has 0 unspecified atom stereocenters. The van der Waals surface area contributed by atoms with Crippen molar-refractivity contribution in [3.05, 3.63) is 51.7 Å². The smallest absolute Gasteiger partial charge is 0.269 e. The molecule has 0 amide bonds. The van der Waals surface area contributed by atoms with E-state index < -0.39 is 0 Å². The maximum Gasteiger partial charge on any atom is 0.269 e. The first-order valence-electron chi connectivity index (χ1n) is 5.99. The zero-order valence-electron chi connectivity index (χ0n) is 10.9. The van der Waals surface area contributed by atoms with Gasteiger partial charge in [-0.25, -0.2) is 9.67 Å². The molecule has 2 heterocycles. The summed E-state index contributed by atoms with van der Waals surface area (Å²) in [6.45, 7) is 3.23. The fraction of sp³-hybridized carbons (Fsp3) is 0.308. The van der Waals surface area contributed by atoms with Crippen molar-refractivity contribution in [2.24, 2.45) is 0 Å². The molecule has 0 aromatic carbocycles. The summed E-state index contributed by atoms with van der Waals surface area (Å²) in [5.74, 6) is 0. The zero-order chi connectivity index (χ0) is 13.8. The molecule has 0 aliphatic carbocycles. The number of anilines is 1. The molecule has 0 N–H and O–H groups in total. The van der Waals surface area contributed by atoms with E-state index in [1.807, 2.05) is 24.9 Å². The monoisotopic (exact) mass is 278 g/mol. The summed E-state index contributed by atoms with van der Waals surface area (Å²) in [5, 5.41) is 4.58. The molecular weight excluding hydrogens is 264 g/mol. The number of rotatable bonds is 4. The fourth-order valence-corrected chi connectivity index (χ4v) is 1.84. The summed E-state index contributed by atoms with van der Waals surface area (Å²) in [6.07, 6.45) is 3.30. The summed E-state index contributed by atoms with van der Waals surface area (Å²) in [5.41, 5.74) is 1.58. The van der Waals surface area contributed by atoms with E-state index in [1.165, 1.54) is 4.68 Å². The van der Waals surface area contributed by atoms with Gasteiger partial charge in [0.1, 0.15) is 5.15 Å². The predicted octanol–water partition coefficient (Wildman–Crippen LogP) is 1.80. The Morgan fingerprint density at radius 2 is 2.21 bits per heavy atom. The Morgan fingerprint density at radius 1 is 1.42 bits per heavy atom. The summed E-state index contributed by atoms with van der Waals surface area (Å²) < 4.78 is 1.40. The van der Waals surface area contributed by atoms with Gasteiger partial charge in [0.2, 0.25) is 0 Å². The standard InChI is InChI=1S/C13H15ClN4O/c1-3-17(2)11-7-13(19)18(16-8-11)9-10-4-5-15-12(14)6-10/h4-8H,3,9H2,1-2H3. The molecule has 5 nitrogen and oxygen atoms in total. The van der Waals surface area contributed by atoms with Crippen LogP contribution in [0.5, 0.6) is 0 Å². The molecule has 2 aromatic heterocycles. The maximum absolute atomic E-state index is 12.0. The van der Waals surface area contributed by atoms with Gasteiger partial charge in [0.25, 0.3) is 5.56 Å². The Labute approximate surface area is 116 Å². The van der Waals surface area contributed by atoms with Gasteiger partial charge in [0, 0.05) is 25.9 Å². The van der Waals surface area contributed by atoms with Crippen LogP contribution in [-0.2, 0) is 6.54 Å². The highest BCUT2D eigenvalue weighted by atomic mass is 35.5. The van der Waals surface area contributed by atoms with Gasteiger partial charge >= 0.3 is 0 Å². The number of halogens is 1. The second-order valence-electron chi connectivity index (χ2n) is 4.21. The SMILES string of the molecule is CCN(C)c1cnn(Cc2ccnc(Cl)c2)c(=O)c1. The molecule has 0 saturated heterocycles. The van der Waals surface area contributed by atoms with Gasteiger partial charge in [0.05, 0.1) is 18.4 Å². The highest BCUT2D eigenvalue weighted by Crippen LogP contribution is 2.09. The van der Waals surface area contributed by atoms with Gasteiger partial charge < -0.3 is 4.90 Å². The number of pyridine rings is 1. The third-order valence-electron chi connectivity index (χ3n) is 2.89. The topological polar surface area (TPSA) is 51.0 Å². The van der Waals surface area contributed by atoms with Crippen molar-refractivity contribution in [1.29, 1.82) is 0 Å². The summed E-state index contributed by atoms with van der Waals surface area (Å²) in [6, 6.07) is 5.12. The average Bonchev–Trinajstić information content (AvgIpc) is 2.40. The van der Waals surface area contributed by atoms with Crippen LogP contribution in [0.3, 0.4) is 0 Å². The van der Waals surface area contributed by atoms with E-state index in [2.05, 4.69) is 10.1 Å². The van der Waals surface area contributed by atoms with Crippen molar-refractivity contribution in [3.63, 3.8) is 0 Å². The number of aromatic nitrogens is 3. The lowest BCUT2D eigenvalue weighted by molar-refractivity contribution is 0.637. The first kappa shape index (κ1) is 13.5. The first-order chi connectivity index (χ1) is 9.10. The molecule has 0 saturated carbocycles. The molecule has 0 aliphatic rings. The molecule has 100 valence electrons. The lowest BCUT2D eigenvalue weighted by Gasteiger charge is -2.16. The molecular formula is C13H15ClN4O. The molecule has 6 heteroatoms. The predicted molar refractivity (Wildman–Crippen MR) is 75.8 cm³/mol. The first-order valence-corrected chi connectivity index (χ1v) is 6.36. The van der Waals surface area contributed by atoms with Crippen molar-refractivity contribution in [2.45, 2.75) is 13.5 Å². The second-order valence-corrected chi connectivity index (χ2v) is 4.60. The van der Waals surface area contributed by atoms with Gasteiger partial charge in [-0.1, -0.05) is 11.6 Å². The number of hydrogen-bond acceptors (Lipinski definition) is 4. The van der Waals surface area contributed by atoms with Crippen LogP contribution < -0.4 is 10.5 Å². The quantitative estimate of drug-likeness (QED) is 0.800. The van der Waals surface area contributed by atoms with Crippen molar-refractivity contribution in [2.75, 3.05) is 18.5 Å². The maximum atomic E-state index is 12.0. The van der Waals surface area contributed by atoms with E-state index in [4.69, 9.17) is 11.6 Å². The van der Waals surface area contributed by atoms with E-state index in [9.17, 15) is 4.79 Å². The van der Waals surface area contributed by atoms with Crippen LogP contribution in [-0.4, -0.2) is 28.4 Å². The summed E-state index contributed by atoms with van der Waals surface area (Å²) >= 11 is 5.81. The Hall–Kier alpha value is -1.88. The summed E-state index contributed by atoms with van der Waals surface area (Å²) in [7, 11) is 1.92. The zero-order valence-corrected chi connectivity index (χ0v) is 11.6. The van der Waals surface area contributed by atoms with Crippen molar-refractivity contribution >= 4 is 17.3 Å². The van der Waals surface area contributed by atoms with Crippen LogP contribution in [0.1, 0.15) is 12.5 Å². The van der Waals surface area contributed by atoms with Gasteiger partial charge in [-0.15, -0.1) is 0 Å². The lowest BCUT2D eigenvalue weighted by Crippen LogP contribution is -2.26. The normalized spacial score (nSPS) is 10.5. The van der Waals surface area contributed by atoms with E-state index in [0.717, 1.165) is 17.8 Å². The number of hydrogen-bond donors (Lipinski definition) is 0. The van der Waals surface area contributed by atoms with Crippen molar-refractivity contribution in [1.82, 2.24) is 14.8 Å². The molecule has 2 aromatic rings. The molecule has 2 rings (SSSR count). The van der Waals surface area contributed by atoms with E-state index in [-0.39, 0.29) is 5.56 Å². The van der Waals surface area contributed by atoms with Gasteiger partial charge in [-0.05, 0) is 24.6 Å². The third kappa shape index (κ3) is 3.32. The molecule has 0 bridgehead atoms. The van der Waals surface area contributed by atoms with Crippen LogP contribution in [0.15, 0.2) is 35.4 Å². The van der Waals surface area contributed by atoms with Crippen LogP contribution in [0.2, 0.25) is 5.15 Å². The minimum Gasteiger partial charge on any atom is -0.373 e. The second kappa shape index (κ2) is 5.84. The van der Waals surface area contributed by atoms with Crippen molar-refractivity contribution in [3.8, 4) is 0 Å². The third-order valence-corrected chi connectivity index (χ3v) is 3.10. The van der Waals surface area contributed by atoms with Crippen LogP contribution in [0.4, 0.5) is 5.69 Å². The van der Waals surface area contributed by atoms with E-state index in [1.54, 1.807) is 24.5 Å². The van der Waals surface area contributed by atoms with Crippen LogP contribution in [0.25, 0.3) is 0 Å². The molecule has 0 spiro atoms. The van der Waals surface area contributed by atoms with E-state index >= 15 is 0 Å². The summed E-state index contributed by atoms with van der Waals surface area (Å²) in [4.78, 5) is 17.8. The van der Waals surface area contributed by atoms with Crippen LogP contribution in [0, 0.1) is 0 Å². The Balaban J connectivity index is 2.25. The van der Waals surface area contributed by atoms with Gasteiger partial charge in [-0.2, -0.15) is 5.10 Å². The van der Waals surface area contributed by atoms with E-state index in [0.29, 0.717) is 11.7 Å². The minimum atomic E-state index is -0.134.